The van der Waals surface area contributed by atoms with Crippen LogP contribution >= 0.6 is 24.0 Å². The average molecular weight is 364 g/mol. The Morgan fingerprint density at radius 3 is 2.78 bits per heavy atom. The lowest BCUT2D eigenvalue weighted by molar-refractivity contribution is 0.457. The van der Waals surface area contributed by atoms with Gasteiger partial charge in [0, 0.05) is 26.1 Å². The van der Waals surface area contributed by atoms with Crippen molar-refractivity contribution in [1.29, 1.82) is 0 Å². The fourth-order valence-corrected chi connectivity index (χ4v) is 2.13. The highest BCUT2D eigenvalue weighted by Gasteiger charge is 2.16. The first-order valence-corrected chi connectivity index (χ1v) is 6.22. The molecule has 0 aliphatic carbocycles. The van der Waals surface area contributed by atoms with Crippen molar-refractivity contribution in [2.24, 2.45) is 10.7 Å². The van der Waals surface area contributed by atoms with Crippen molar-refractivity contribution in [2.75, 3.05) is 13.1 Å². The molecule has 1 aromatic heterocycles. The highest BCUT2D eigenvalue weighted by atomic mass is 127. The van der Waals surface area contributed by atoms with Crippen LogP contribution in [0.2, 0.25) is 0 Å². The summed E-state index contributed by atoms with van der Waals surface area (Å²) in [6.07, 6.45) is 2.19. The summed E-state index contributed by atoms with van der Waals surface area (Å²) in [6.45, 7) is 7.43. The number of hydrogen-bond acceptors (Lipinski definition) is 3. The highest BCUT2D eigenvalue weighted by Crippen LogP contribution is 2.14. The van der Waals surface area contributed by atoms with Crippen LogP contribution in [-0.2, 0) is 19.5 Å². The first-order chi connectivity index (χ1) is 8.26. The van der Waals surface area contributed by atoms with E-state index in [-0.39, 0.29) is 24.0 Å². The fourth-order valence-electron chi connectivity index (χ4n) is 2.13. The van der Waals surface area contributed by atoms with Gasteiger partial charge >= 0.3 is 0 Å². The Morgan fingerprint density at radius 1 is 1.39 bits per heavy atom. The molecule has 18 heavy (non-hydrogen) atoms. The minimum absolute atomic E-state index is 0. The molecule has 0 spiro atoms. The van der Waals surface area contributed by atoms with E-state index in [4.69, 9.17) is 5.73 Å². The normalized spacial score (nSPS) is 14.2. The minimum atomic E-state index is 0. The lowest BCUT2D eigenvalue weighted by Crippen LogP contribution is -2.37. The second-order valence-corrected chi connectivity index (χ2v) is 4.13. The summed E-state index contributed by atoms with van der Waals surface area (Å²) in [6, 6.07) is 0. The molecule has 0 saturated carbocycles. The summed E-state index contributed by atoms with van der Waals surface area (Å²) in [5.74, 6) is 2.59. The van der Waals surface area contributed by atoms with Crippen LogP contribution in [-0.4, -0.2) is 38.7 Å². The Bertz CT molecular complexity index is 410. The Hall–Kier alpha value is -0.860. The third-order valence-corrected chi connectivity index (χ3v) is 3.16. The van der Waals surface area contributed by atoms with Crippen LogP contribution in [0.5, 0.6) is 0 Å². The number of fused-ring (bicyclic) bond motifs is 1. The topological polar surface area (TPSA) is 72.3 Å². The third kappa shape index (κ3) is 3.12. The molecule has 0 atom stereocenters. The van der Waals surface area contributed by atoms with Gasteiger partial charge < -0.3 is 15.2 Å². The Morgan fingerprint density at radius 2 is 2.11 bits per heavy atom. The second kappa shape index (κ2) is 6.91. The summed E-state index contributed by atoms with van der Waals surface area (Å²) in [5.41, 5.74) is 5.92. The monoisotopic (exact) mass is 364 g/mol. The number of rotatable bonds is 4. The Kier molecular flexibility index (Phi) is 5.83. The van der Waals surface area contributed by atoms with Gasteiger partial charge in [0.2, 0.25) is 0 Å². The van der Waals surface area contributed by atoms with Crippen molar-refractivity contribution in [3.8, 4) is 0 Å². The molecule has 1 aromatic rings. The maximum absolute atomic E-state index is 5.92. The van der Waals surface area contributed by atoms with E-state index < -0.39 is 0 Å². The summed E-state index contributed by atoms with van der Waals surface area (Å²) in [5, 5.41) is 8.30. The van der Waals surface area contributed by atoms with Gasteiger partial charge in [-0.25, -0.2) is 4.99 Å². The van der Waals surface area contributed by atoms with Crippen LogP contribution in [0.1, 0.15) is 31.9 Å². The molecule has 2 rings (SSSR count). The molecule has 0 amide bonds. The van der Waals surface area contributed by atoms with Gasteiger partial charge in [-0.3, -0.25) is 0 Å². The minimum Gasteiger partial charge on any atom is -0.370 e. The highest BCUT2D eigenvalue weighted by molar-refractivity contribution is 14.0. The number of aromatic nitrogens is 3. The van der Waals surface area contributed by atoms with E-state index in [1.807, 2.05) is 4.90 Å². The summed E-state index contributed by atoms with van der Waals surface area (Å²) in [4.78, 5) is 6.41. The number of nitrogens with two attached hydrogens (primary N) is 1. The van der Waals surface area contributed by atoms with Crippen LogP contribution in [0.3, 0.4) is 0 Å². The molecule has 102 valence electrons. The molecular formula is C11H21IN6. The first-order valence-electron chi connectivity index (χ1n) is 6.22. The number of nitrogens with zero attached hydrogens (tertiary/aromatic N) is 5. The number of guanidine groups is 1. The molecule has 1 aliphatic rings. The zero-order valence-electron chi connectivity index (χ0n) is 11.0. The van der Waals surface area contributed by atoms with Crippen molar-refractivity contribution in [3.63, 3.8) is 0 Å². The zero-order chi connectivity index (χ0) is 12.3. The SMILES string of the molecule is CCN(CC)C(N)=NCc1nnc2n1CCC2.I. The van der Waals surface area contributed by atoms with Crippen molar-refractivity contribution in [3.05, 3.63) is 11.6 Å². The van der Waals surface area contributed by atoms with Gasteiger partial charge in [-0.1, -0.05) is 0 Å². The van der Waals surface area contributed by atoms with E-state index >= 15 is 0 Å². The van der Waals surface area contributed by atoms with Crippen molar-refractivity contribution in [2.45, 2.75) is 39.8 Å². The predicted molar refractivity (Wildman–Crippen MR) is 82.0 cm³/mol. The van der Waals surface area contributed by atoms with Gasteiger partial charge in [0.25, 0.3) is 0 Å². The summed E-state index contributed by atoms with van der Waals surface area (Å²) >= 11 is 0. The van der Waals surface area contributed by atoms with E-state index in [0.717, 1.165) is 44.1 Å². The largest absolute Gasteiger partial charge is 0.370 e. The molecule has 0 bridgehead atoms. The first kappa shape index (κ1) is 15.2. The van der Waals surface area contributed by atoms with Crippen molar-refractivity contribution >= 4 is 29.9 Å². The van der Waals surface area contributed by atoms with Crippen LogP contribution in [0.25, 0.3) is 0 Å². The molecular weight excluding hydrogens is 343 g/mol. The van der Waals surface area contributed by atoms with Gasteiger partial charge in [0.15, 0.2) is 11.8 Å². The quantitative estimate of drug-likeness (QED) is 0.492. The lowest BCUT2D eigenvalue weighted by Gasteiger charge is -2.19. The molecule has 7 heteroatoms. The van der Waals surface area contributed by atoms with Crippen LogP contribution in [0, 0.1) is 0 Å². The number of aliphatic imine (C=N–C) groups is 1. The molecule has 0 aromatic carbocycles. The molecule has 0 radical (unpaired) electrons. The van der Waals surface area contributed by atoms with E-state index in [0.29, 0.717) is 12.5 Å². The fraction of sp³-hybridized carbons (Fsp3) is 0.727. The second-order valence-electron chi connectivity index (χ2n) is 4.13. The van der Waals surface area contributed by atoms with E-state index in [9.17, 15) is 0 Å². The molecule has 2 heterocycles. The molecule has 0 unspecified atom stereocenters. The van der Waals surface area contributed by atoms with Crippen LogP contribution < -0.4 is 5.73 Å². The van der Waals surface area contributed by atoms with Crippen LogP contribution in [0.4, 0.5) is 0 Å². The third-order valence-electron chi connectivity index (χ3n) is 3.16. The Labute approximate surface area is 125 Å². The smallest absolute Gasteiger partial charge is 0.191 e. The zero-order valence-corrected chi connectivity index (χ0v) is 13.3. The maximum atomic E-state index is 5.92. The maximum Gasteiger partial charge on any atom is 0.191 e. The van der Waals surface area contributed by atoms with E-state index in [1.54, 1.807) is 0 Å². The van der Waals surface area contributed by atoms with Crippen molar-refractivity contribution in [1.82, 2.24) is 19.7 Å². The molecule has 0 fully saturated rings. The van der Waals surface area contributed by atoms with Gasteiger partial charge in [-0.2, -0.15) is 0 Å². The molecule has 6 nitrogen and oxygen atoms in total. The van der Waals surface area contributed by atoms with Gasteiger partial charge in [-0.05, 0) is 20.3 Å². The molecule has 0 saturated heterocycles. The van der Waals surface area contributed by atoms with Gasteiger partial charge in [0.1, 0.15) is 12.4 Å². The van der Waals surface area contributed by atoms with Crippen molar-refractivity contribution < 1.29 is 0 Å². The summed E-state index contributed by atoms with van der Waals surface area (Å²) in [7, 11) is 0. The van der Waals surface area contributed by atoms with Crippen LogP contribution in [0.15, 0.2) is 4.99 Å². The number of halogens is 1. The lowest BCUT2D eigenvalue weighted by atomic mass is 10.4. The number of aryl methyl sites for hydroxylation is 1. The van der Waals surface area contributed by atoms with E-state index in [2.05, 4.69) is 33.6 Å². The molecule has 2 N–H and O–H groups in total. The van der Waals surface area contributed by atoms with E-state index in [1.165, 1.54) is 0 Å². The summed E-state index contributed by atoms with van der Waals surface area (Å²) < 4.78 is 2.15. The molecule has 1 aliphatic heterocycles. The standard InChI is InChI=1S/C11H20N6.HI/c1-3-16(4-2)11(12)13-8-10-15-14-9-6-5-7-17(9)10;/h3-8H2,1-2H3,(H2,12,13);1H. The van der Waals surface area contributed by atoms with Gasteiger partial charge in [0.05, 0.1) is 0 Å². The average Bonchev–Trinajstić information content (AvgIpc) is 2.90. The Balaban J connectivity index is 0.00000162. The van der Waals surface area contributed by atoms with Gasteiger partial charge in [-0.15, -0.1) is 34.2 Å². The predicted octanol–water partition coefficient (Wildman–Crippen LogP) is 0.999. The number of hydrogen-bond donors (Lipinski definition) is 1.